The quantitative estimate of drug-likeness (QED) is 0.619. The first-order valence-corrected chi connectivity index (χ1v) is 6.82. The maximum Gasteiger partial charge on any atom is 0.338 e. The van der Waals surface area contributed by atoms with Gasteiger partial charge in [0.05, 0.1) is 11.9 Å². The highest BCUT2D eigenvalue weighted by Gasteiger charge is 2.13. The number of H-pyrrole nitrogens is 1. The van der Waals surface area contributed by atoms with Crippen molar-refractivity contribution in [2.75, 3.05) is 0 Å². The Bertz CT molecular complexity index is 705. The van der Waals surface area contributed by atoms with Gasteiger partial charge in [-0.2, -0.15) is 0 Å². The molecule has 1 heterocycles. The Balaban J connectivity index is 2.39. The van der Waals surface area contributed by atoms with Crippen LogP contribution in [0.25, 0.3) is 0 Å². The number of hydrogen-bond donors (Lipinski definition) is 2. The first-order valence-electron chi connectivity index (χ1n) is 4.93. The van der Waals surface area contributed by atoms with Crippen molar-refractivity contribution < 1.29 is 14.3 Å². The molecule has 0 radical (unpaired) electrons. The van der Waals surface area contributed by atoms with E-state index >= 15 is 0 Å². The van der Waals surface area contributed by atoms with Gasteiger partial charge in [0.2, 0.25) is 0 Å². The number of carboxylic acid groups (broad SMARTS) is 1. The summed E-state index contributed by atoms with van der Waals surface area (Å²) in [7, 11) is 0. The van der Waals surface area contributed by atoms with Crippen LogP contribution in [0.4, 0.5) is 4.39 Å². The molecule has 0 fully saturated rings. The molecular weight excluding hydrogens is 386 g/mol. The average Bonchev–Trinajstić information content (AvgIpc) is 2.37. The van der Waals surface area contributed by atoms with E-state index in [1.807, 2.05) is 22.6 Å². The smallest absolute Gasteiger partial charge is 0.338 e. The van der Waals surface area contributed by atoms with Gasteiger partial charge in [-0.15, -0.1) is 0 Å². The zero-order valence-electron chi connectivity index (χ0n) is 9.18. The molecule has 0 saturated heterocycles. The van der Waals surface area contributed by atoms with Crippen LogP contribution in [-0.4, -0.2) is 21.0 Å². The lowest BCUT2D eigenvalue weighted by Gasteiger charge is -2.04. The van der Waals surface area contributed by atoms with Crippen LogP contribution in [0.2, 0.25) is 0 Å². The molecule has 2 rings (SSSR count). The summed E-state index contributed by atoms with van der Waals surface area (Å²) in [6, 6.07) is 3.72. The number of carboxylic acids is 1. The molecule has 0 aliphatic rings. The van der Waals surface area contributed by atoms with Crippen molar-refractivity contribution in [3.05, 3.63) is 49.8 Å². The van der Waals surface area contributed by atoms with Crippen LogP contribution in [0.1, 0.15) is 10.4 Å². The minimum absolute atomic E-state index is 0.279. The van der Waals surface area contributed by atoms with Crippen molar-refractivity contribution in [1.82, 2.24) is 9.97 Å². The van der Waals surface area contributed by atoms with Crippen LogP contribution >= 0.6 is 34.4 Å². The van der Waals surface area contributed by atoms with Crippen LogP contribution in [0.5, 0.6) is 0 Å². The highest BCUT2D eigenvalue weighted by molar-refractivity contribution is 14.1. The second-order valence-corrected chi connectivity index (χ2v) is 5.54. The van der Waals surface area contributed by atoms with Crippen molar-refractivity contribution in [1.29, 1.82) is 0 Å². The van der Waals surface area contributed by atoms with E-state index < -0.39 is 17.3 Å². The summed E-state index contributed by atoms with van der Waals surface area (Å²) in [5.74, 6) is -2.14. The monoisotopic (exact) mass is 392 g/mol. The zero-order valence-corrected chi connectivity index (χ0v) is 12.2. The normalized spacial score (nSPS) is 10.4. The van der Waals surface area contributed by atoms with Crippen LogP contribution in [0, 0.1) is 9.39 Å². The van der Waals surface area contributed by atoms with Crippen LogP contribution < -0.4 is 5.56 Å². The second kappa shape index (κ2) is 5.70. The molecule has 2 N–H and O–H groups in total. The minimum Gasteiger partial charge on any atom is -0.478 e. The first kappa shape index (κ1) is 14.0. The highest BCUT2D eigenvalue weighted by atomic mass is 127. The van der Waals surface area contributed by atoms with Crippen molar-refractivity contribution in [2.45, 2.75) is 9.92 Å². The summed E-state index contributed by atoms with van der Waals surface area (Å²) in [6.07, 6.45) is 1.26. The van der Waals surface area contributed by atoms with Crippen molar-refractivity contribution in [3.63, 3.8) is 0 Å². The predicted octanol–water partition coefficient (Wildman–Crippen LogP) is 2.36. The first-order chi connectivity index (χ1) is 8.99. The minimum atomic E-state index is -1.34. The molecule has 2 aromatic rings. The number of nitrogens with zero attached hydrogens (tertiary/aromatic N) is 1. The largest absolute Gasteiger partial charge is 0.478 e. The van der Waals surface area contributed by atoms with E-state index in [1.165, 1.54) is 18.5 Å². The number of halogens is 2. The van der Waals surface area contributed by atoms with Gasteiger partial charge in [0, 0.05) is 4.90 Å². The molecule has 0 amide bonds. The molecule has 0 spiro atoms. The number of aromatic amines is 1. The molecule has 5 nitrogen and oxygen atoms in total. The third kappa shape index (κ3) is 3.13. The van der Waals surface area contributed by atoms with Gasteiger partial charge < -0.3 is 10.1 Å². The maximum atomic E-state index is 13.2. The third-order valence-electron chi connectivity index (χ3n) is 2.15. The number of nitrogens with one attached hydrogen (secondary N) is 1. The topological polar surface area (TPSA) is 83.0 Å². The highest BCUT2D eigenvalue weighted by Crippen LogP contribution is 2.29. The molecule has 0 saturated carbocycles. The van der Waals surface area contributed by atoms with Gasteiger partial charge in [-0.3, -0.25) is 4.79 Å². The fourth-order valence-electron chi connectivity index (χ4n) is 1.28. The van der Waals surface area contributed by atoms with Crippen LogP contribution in [0.3, 0.4) is 0 Å². The number of rotatable bonds is 3. The second-order valence-electron chi connectivity index (χ2n) is 3.40. The van der Waals surface area contributed by atoms with E-state index in [9.17, 15) is 14.0 Å². The van der Waals surface area contributed by atoms with E-state index in [4.69, 9.17) is 5.11 Å². The van der Waals surface area contributed by atoms with Gasteiger partial charge in [-0.1, -0.05) is 11.8 Å². The summed E-state index contributed by atoms with van der Waals surface area (Å²) in [5.41, 5.74) is -0.691. The SMILES string of the molecule is O=C(O)c1cc(Sc2nc[nH]c(=O)c2I)ccc1F. The van der Waals surface area contributed by atoms with Crippen molar-refractivity contribution >= 4 is 40.3 Å². The molecular formula is C11H6FIN2O3S. The third-order valence-corrected chi connectivity index (χ3v) is 4.51. The number of carbonyl (C=O) groups is 1. The van der Waals surface area contributed by atoms with E-state index in [2.05, 4.69) is 9.97 Å². The predicted molar refractivity (Wildman–Crippen MR) is 75.1 cm³/mol. The van der Waals surface area contributed by atoms with Gasteiger partial charge in [0.25, 0.3) is 5.56 Å². The molecule has 0 unspecified atom stereocenters. The molecule has 0 aliphatic carbocycles. The standard InChI is InChI=1S/C11H6FIN2O3S/c12-7-2-1-5(3-6(7)11(17)18)19-10-8(13)9(16)14-4-15-10/h1-4H,(H,17,18)(H,14,15,16). The van der Waals surface area contributed by atoms with Crippen LogP contribution in [0.15, 0.2) is 39.2 Å². The summed E-state index contributed by atoms with van der Waals surface area (Å²) < 4.78 is 13.6. The maximum absolute atomic E-state index is 13.2. The molecule has 8 heteroatoms. The number of benzene rings is 1. The molecule has 0 atom stereocenters. The Morgan fingerprint density at radius 2 is 2.21 bits per heavy atom. The van der Waals surface area contributed by atoms with E-state index in [0.717, 1.165) is 17.8 Å². The molecule has 1 aromatic carbocycles. The van der Waals surface area contributed by atoms with Gasteiger partial charge in [-0.05, 0) is 40.8 Å². The van der Waals surface area contributed by atoms with Crippen molar-refractivity contribution in [2.24, 2.45) is 0 Å². The number of aromatic carboxylic acids is 1. The van der Waals surface area contributed by atoms with E-state index in [0.29, 0.717) is 13.5 Å². The number of aromatic nitrogens is 2. The Morgan fingerprint density at radius 1 is 1.47 bits per heavy atom. The zero-order chi connectivity index (χ0) is 14.0. The van der Waals surface area contributed by atoms with E-state index in [-0.39, 0.29) is 5.56 Å². The molecule has 0 bridgehead atoms. The van der Waals surface area contributed by atoms with Crippen LogP contribution in [-0.2, 0) is 0 Å². The van der Waals surface area contributed by atoms with Gasteiger partial charge >= 0.3 is 5.97 Å². The fourth-order valence-corrected chi connectivity index (χ4v) is 2.73. The summed E-state index contributed by atoms with van der Waals surface area (Å²) in [6.45, 7) is 0. The lowest BCUT2D eigenvalue weighted by molar-refractivity contribution is 0.0691. The summed E-state index contributed by atoms with van der Waals surface area (Å²) in [4.78, 5) is 29.1. The lowest BCUT2D eigenvalue weighted by atomic mass is 10.2. The molecule has 0 aliphatic heterocycles. The Kier molecular flexibility index (Phi) is 4.20. The fraction of sp³-hybridized carbons (Fsp3) is 0. The summed E-state index contributed by atoms with van der Waals surface area (Å²) >= 11 is 2.94. The Labute approximate surface area is 124 Å². The molecule has 19 heavy (non-hydrogen) atoms. The number of hydrogen-bond acceptors (Lipinski definition) is 4. The van der Waals surface area contributed by atoms with E-state index in [1.54, 1.807) is 0 Å². The Morgan fingerprint density at radius 3 is 2.89 bits per heavy atom. The summed E-state index contributed by atoms with van der Waals surface area (Å²) in [5, 5.41) is 9.27. The molecule has 98 valence electrons. The average molecular weight is 392 g/mol. The van der Waals surface area contributed by atoms with Crippen molar-refractivity contribution in [3.8, 4) is 0 Å². The van der Waals surface area contributed by atoms with Gasteiger partial charge in [0.15, 0.2) is 0 Å². The lowest BCUT2D eigenvalue weighted by Crippen LogP contribution is -2.11. The van der Waals surface area contributed by atoms with Gasteiger partial charge in [0.1, 0.15) is 14.4 Å². The van der Waals surface area contributed by atoms with Gasteiger partial charge in [-0.25, -0.2) is 14.2 Å². The molecule has 1 aromatic heterocycles. The Hall–Kier alpha value is -1.42.